The van der Waals surface area contributed by atoms with Crippen LogP contribution in [-0.4, -0.2) is 10.0 Å². The van der Waals surface area contributed by atoms with Gasteiger partial charge in [-0.3, -0.25) is 10.1 Å². The molecule has 148 valence electrons. The lowest BCUT2D eigenvalue weighted by atomic mass is 9.95. The number of hydrogen-bond acceptors (Lipinski definition) is 4. The first kappa shape index (κ1) is 19.7. The molecule has 4 rings (SSSR count). The molecule has 0 aliphatic carbocycles. The monoisotopic (exact) mass is 428 g/mol. The molecule has 29 heavy (non-hydrogen) atoms. The van der Waals surface area contributed by atoms with Crippen LogP contribution in [0.15, 0.2) is 72.8 Å². The van der Waals surface area contributed by atoms with Gasteiger partial charge in [0.15, 0.2) is 0 Å². The maximum Gasteiger partial charge on any atom is 0.276 e. The number of halogens is 2. The summed E-state index contributed by atoms with van der Waals surface area (Å²) in [6.45, 7) is 0. The minimum absolute atomic E-state index is 0.126. The van der Waals surface area contributed by atoms with Gasteiger partial charge >= 0.3 is 0 Å². The summed E-state index contributed by atoms with van der Waals surface area (Å²) in [6.07, 6.45) is -0.860. The molecular formula is C22H18Cl2N2O3. The minimum Gasteiger partial charge on any atom is -0.386 e. The average molecular weight is 429 g/mol. The Morgan fingerprint density at radius 2 is 1.59 bits per heavy atom. The predicted octanol–water partition coefficient (Wildman–Crippen LogP) is 6.06. The molecule has 5 nitrogen and oxygen atoms in total. The molecule has 3 aromatic carbocycles. The molecule has 1 aliphatic heterocycles. The van der Waals surface area contributed by atoms with Crippen LogP contribution in [0.25, 0.3) is 0 Å². The van der Waals surface area contributed by atoms with E-state index in [4.69, 9.17) is 23.2 Å². The maximum absolute atomic E-state index is 11.7. The Kier molecular flexibility index (Phi) is 5.46. The average Bonchev–Trinajstić information content (AvgIpc) is 3.08. The Balaban J connectivity index is 1.74. The fraction of sp³-hybridized carbons (Fsp3) is 0.182. The van der Waals surface area contributed by atoms with E-state index in [9.17, 15) is 15.2 Å². The van der Waals surface area contributed by atoms with Gasteiger partial charge in [0, 0.05) is 17.3 Å². The smallest absolute Gasteiger partial charge is 0.276 e. The fourth-order valence-corrected chi connectivity index (χ4v) is 4.29. The lowest BCUT2D eigenvalue weighted by molar-refractivity contribution is -0.385. The summed E-state index contributed by atoms with van der Waals surface area (Å²) in [5, 5.41) is 24.3. The number of anilines is 1. The van der Waals surface area contributed by atoms with E-state index in [0.717, 1.165) is 11.1 Å². The minimum atomic E-state index is -0.860. The van der Waals surface area contributed by atoms with Gasteiger partial charge in [-0.05, 0) is 17.2 Å². The van der Waals surface area contributed by atoms with E-state index in [0.29, 0.717) is 11.3 Å². The quantitative estimate of drug-likeness (QED) is 0.294. The molecule has 0 radical (unpaired) electrons. The van der Waals surface area contributed by atoms with Crippen molar-refractivity contribution in [2.45, 2.75) is 22.9 Å². The maximum atomic E-state index is 11.7. The molecule has 3 aromatic rings. The highest BCUT2D eigenvalue weighted by molar-refractivity contribution is 6.30. The number of aliphatic hydroxyl groups is 1. The number of hydrogen-bond donors (Lipinski definition) is 2. The van der Waals surface area contributed by atoms with Crippen LogP contribution in [0.3, 0.4) is 0 Å². The van der Waals surface area contributed by atoms with Gasteiger partial charge in [0.25, 0.3) is 5.69 Å². The van der Waals surface area contributed by atoms with Gasteiger partial charge < -0.3 is 10.4 Å². The number of aliphatic hydroxyl groups excluding tert-OH is 1. The van der Waals surface area contributed by atoms with E-state index in [1.54, 1.807) is 6.07 Å². The van der Waals surface area contributed by atoms with E-state index < -0.39 is 27.8 Å². The third-order valence-electron chi connectivity index (χ3n) is 5.17. The van der Waals surface area contributed by atoms with Gasteiger partial charge in [-0.2, -0.15) is 0 Å². The van der Waals surface area contributed by atoms with E-state index in [2.05, 4.69) is 5.32 Å². The zero-order chi connectivity index (χ0) is 20.5. The van der Waals surface area contributed by atoms with E-state index in [1.165, 1.54) is 6.07 Å². The highest BCUT2D eigenvalue weighted by Gasteiger charge is 2.36. The van der Waals surface area contributed by atoms with Gasteiger partial charge in [-0.15, -0.1) is 23.2 Å². The van der Waals surface area contributed by atoms with Crippen LogP contribution in [0.5, 0.6) is 0 Å². The first-order valence-electron chi connectivity index (χ1n) is 9.12. The summed E-state index contributed by atoms with van der Waals surface area (Å²) in [5.74, 6) is 0. The van der Waals surface area contributed by atoms with Crippen molar-refractivity contribution in [2.75, 3.05) is 5.32 Å². The van der Waals surface area contributed by atoms with Crippen molar-refractivity contribution in [3.8, 4) is 0 Å². The summed E-state index contributed by atoms with van der Waals surface area (Å²) >= 11 is 13.2. The van der Waals surface area contributed by atoms with Crippen molar-refractivity contribution in [1.82, 2.24) is 0 Å². The zero-order valence-electron chi connectivity index (χ0n) is 15.2. The highest BCUT2D eigenvalue weighted by atomic mass is 35.5. The molecule has 2 N–H and O–H groups in total. The summed E-state index contributed by atoms with van der Waals surface area (Å²) < 4.78 is 0. The first-order valence-corrected chi connectivity index (χ1v) is 9.99. The highest BCUT2D eigenvalue weighted by Crippen LogP contribution is 2.49. The van der Waals surface area contributed by atoms with Crippen LogP contribution >= 0.6 is 23.2 Å². The molecule has 1 aliphatic rings. The number of nitro benzene ring substituents is 1. The second-order valence-electron chi connectivity index (χ2n) is 6.95. The van der Waals surface area contributed by atoms with Crippen LogP contribution in [0.1, 0.15) is 45.2 Å². The Labute approximate surface area is 178 Å². The van der Waals surface area contributed by atoms with Crippen LogP contribution in [0.4, 0.5) is 11.4 Å². The Morgan fingerprint density at radius 3 is 2.21 bits per heavy atom. The van der Waals surface area contributed by atoms with Crippen LogP contribution in [0.2, 0.25) is 0 Å². The first-order chi connectivity index (χ1) is 14.0. The largest absolute Gasteiger partial charge is 0.386 e. The van der Waals surface area contributed by atoms with Gasteiger partial charge in [0.1, 0.15) is 6.10 Å². The molecular weight excluding hydrogens is 411 g/mol. The summed E-state index contributed by atoms with van der Waals surface area (Å²) in [4.78, 5) is 11.3. The second kappa shape index (κ2) is 8.03. The SMILES string of the molecule is O=[N+]([O-])c1cc2c(cc1C(Cl)C(Cl)c1ccccc1)C(O)C(c1ccccc1)N2. The molecule has 0 aromatic heterocycles. The fourth-order valence-electron chi connectivity index (χ4n) is 3.69. The molecule has 0 spiro atoms. The lowest BCUT2D eigenvalue weighted by Crippen LogP contribution is -2.10. The number of nitrogens with zero attached hydrogens (tertiary/aromatic N) is 1. The van der Waals surface area contributed by atoms with E-state index in [1.807, 2.05) is 60.7 Å². The van der Waals surface area contributed by atoms with Crippen molar-refractivity contribution < 1.29 is 10.0 Å². The van der Waals surface area contributed by atoms with E-state index >= 15 is 0 Å². The Hall–Kier alpha value is -2.60. The van der Waals surface area contributed by atoms with Gasteiger partial charge in [-0.1, -0.05) is 60.7 Å². The second-order valence-corrected chi connectivity index (χ2v) is 7.89. The molecule has 7 heteroatoms. The number of benzene rings is 3. The van der Waals surface area contributed by atoms with Crippen molar-refractivity contribution in [1.29, 1.82) is 0 Å². The van der Waals surface area contributed by atoms with Gasteiger partial charge in [-0.25, -0.2) is 0 Å². The van der Waals surface area contributed by atoms with Gasteiger partial charge in [0.05, 0.1) is 27.3 Å². The van der Waals surface area contributed by atoms with Crippen LogP contribution in [0, 0.1) is 10.1 Å². The lowest BCUT2D eigenvalue weighted by Gasteiger charge is -2.18. The molecule has 1 heterocycles. The number of nitrogens with one attached hydrogen (secondary N) is 1. The van der Waals surface area contributed by atoms with Crippen LogP contribution in [-0.2, 0) is 0 Å². The van der Waals surface area contributed by atoms with Crippen molar-refractivity contribution >= 4 is 34.6 Å². The van der Waals surface area contributed by atoms with Crippen molar-refractivity contribution in [3.05, 3.63) is 105 Å². The van der Waals surface area contributed by atoms with E-state index in [-0.39, 0.29) is 11.3 Å². The molecule has 0 amide bonds. The predicted molar refractivity (Wildman–Crippen MR) is 114 cm³/mol. The molecule has 4 unspecified atom stereocenters. The third-order valence-corrected chi connectivity index (χ3v) is 6.29. The molecule has 0 saturated carbocycles. The normalized spacial score (nSPS) is 19.8. The summed E-state index contributed by atoms with van der Waals surface area (Å²) in [7, 11) is 0. The molecule has 4 atom stereocenters. The standard InChI is InChI=1S/C22H18Cl2N2O3/c23-19(13-7-3-1-4-8-13)20(24)16-11-15-17(12-18(16)26(28)29)25-21(22(15)27)14-9-5-2-6-10-14/h1-12,19-22,25,27H. The number of rotatable bonds is 5. The van der Waals surface area contributed by atoms with Crippen LogP contribution < -0.4 is 5.32 Å². The number of nitro groups is 1. The number of fused-ring (bicyclic) bond motifs is 1. The third kappa shape index (κ3) is 3.69. The number of alkyl halides is 2. The van der Waals surface area contributed by atoms with Crippen molar-refractivity contribution in [3.63, 3.8) is 0 Å². The van der Waals surface area contributed by atoms with Gasteiger partial charge in [0.2, 0.25) is 0 Å². The topological polar surface area (TPSA) is 75.4 Å². The Morgan fingerprint density at radius 1 is 0.966 bits per heavy atom. The van der Waals surface area contributed by atoms with Crippen molar-refractivity contribution in [2.24, 2.45) is 0 Å². The molecule has 0 fully saturated rings. The Bertz CT molecular complexity index is 1030. The zero-order valence-corrected chi connectivity index (χ0v) is 16.7. The summed E-state index contributed by atoms with van der Waals surface area (Å²) in [5.41, 5.74) is 2.92. The molecule has 0 saturated heterocycles. The molecule has 0 bridgehead atoms. The summed E-state index contributed by atoms with van der Waals surface area (Å²) in [6, 6.07) is 21.3.